The van der Waals surface area contributed by atoms with Gasteiger partial charge in [0.2, 0.25) is 5.91 Å². The van der Waals surface area contributed by atoms with E-state index in [1.807, 2.05) is 4.90 Å². The lowest BCUT2D eigenvalue weighted by atomic mass is 10.2. The first-order chi connectivity index (χ1) is 9.72. The normalized spacial score (nSPS) is 19.2. The summed E-state index contributed by atoms with van der Waals surface area (Å²) in [5.74, 6) is 0.251. The molecule has 4 heteroatoms. The molecule has 2 aliphatic rings. The van der Waals surface area contributed by atoms with Gasteiger partial charge < -0.3 is 15.1 Å². The first kappa shape index (κ1) is 13.4. The van der Waals surface area contributed by atoms with E-state index in [0.717, 1.165) is 26.2 Å². The summed E-state index contributed by atoms with van der Waals surface area (Å²) in [6, 6.07) is 9.19. The van der Waals surface area contributed by atoms with Gasteiger partial charge >= 0.3 is 0 Å². The van der Waals surface area contributed by atoms with Crippen LogP contribution in [0.5, 0.6) is 0 Å². The summed E-state index contributed by atoms with van der Waals surface area (Å²) in [4.78, 5) is 16.4. The van der Waals surface area contributed by atoms with E-state index in [1.165, 1.54) is 24.1 Å². The maximum absolute atomic E-state index is 12.1. The summed E-state index contributed by atoms with van der Waals surface area (Å²) in [6.07, 6.45) is 2.46. The Kier molecular flexibility index (Phi) is 3.92. The molecule has 2 fully saturated rings. The van der Waals surface area contributed by atoms with Crippen LogP contribution in [0.25, 0.3) is 0 Å². The van der Waals surface area contributed by atoms with Crippen LogP contribution in [0.4, 0.5) is 5.69 Å². The average molecular weight is 273 g/mol. The van der Waals surface area contributed by atoms with Crippen LogP contribution in [-0.4, -0.2) is 49.6 Å². The van der Waals surface area contributed by atoms with E-state index in [2.05, 4.69) is 41.4 Å². The number of nitrogens with one attached hydrogen (secondary N) is 1. The molecule has 1 aromatic rings. The fourth-order valence-electron chi connectivity index (χ4n) is 2.67. The monoisotopic (exact) mass is 273 g/mol. The van der Waals surface area contributed by atoms with Crippen molar-refractivity contribution in [3.8, 4) is 0 Å². The van der Waals surface area contributed by atoms with E-state index < -0.39 is 0 Å². The number of rotatable bonds is 4. The van der Waals surface area contributed by atoms with E-state index in [1.54, 1.807) is 0 Å². The maximum atomic E-state index is 12.1. The largest absolute Gasteiger partial charge is 0.368 e. The number of benzene rings is 1. The fourth-order valence-corrected chi connectivity index (χ4v) is 2.67. The van der Waals surface area contributed by atoms with Crippen molar-refractivity contribution < 1.29 is 4.79 Å². The molecule has 1 amide bonds. The summed E-state index contributed by atoms with van der Waals surface area (Å²) >= 11 is 0. The Morgan fingerprint density at radius 3 is 2.65 bits per heavy atom. The van der Waals surface area contributed by atoms with Crippen LogP contribution in [0.15, 0.2) is 24.3 Å². The molecular formula is C16H23N3O. The molecule has 1 N–H and O–H groups in total. The third-order valence-electron chi connectivity index (χ3n) is 4.12. The molecule has 4 nitrogen and oxygen atoms in total. The number of piperazine rings is 1. The van der Waals surface area contributed by atoms with E-state index in [-0.39, 0.29) is 5.91 Å². The Labute approximate surface area is 120 Å². The molecule has 20 heavy (non-hydrogen) atoms. The summed E-state index contributed by atoms with van der Waals surface area (Å²) in [5.41, 5.74) is 2.56. The number of nitrogens with zero attached hydrogens (tertiary/aromatic N) is 2. The topological polar surface area (TPSA) is 35.6 Å². The Balaban J connectivity index is 1.49. The van der Waals surface area contributed by atoms with Gasteiger partial charge in [-0.05, 0) is 37.5 Å². The summed E-state index contributed by atoms with van der Waals surface area (Å²) in [5, 5.41) is 3.30. The average Bonchev–Trinajstić information content (AvgIpc) is 3.29. The molecule has 0 radical (unpaired) electrons. The van der Waals surface area contributed by atoms with Crippen LogP contribution >= 0.6 is 0 Å². The standard InChI is InChI=1S/C16H23N3O/c1-13-3-2-4-15(11-13)18-7-9-19(10-8-18)16(20)12-17-14-5-6-14/h2-4,11,14,17H,5-10,12H2,1H3. The molecule has 1 saturated carbocycles. The van der Waals surface area contributed by atoms with Gasteiger partial charge in [0, 0.05) is 37.9 Å². The van der Waals surface area contributed by atoms with Gasteiger partial charge in [-0.15, -0.1) is 0 Å². The number of carbonyl (C=O) groups is 1. The van der Waals surface area contributed by atoms with Gasteiger partial charge in [0.25, 0.3) is 0 Å². The van der Waals surface area contributed by atoms with Crippen molar-refractivity contribution in [3.05, 3.63) is 29.8 Å². The van der Waals surface area contributed by atoms with Crippen LogP contribution in [0.3, 0.4) is 0 Å². The number of hydrogen-bond donors (Lipinski definition) is 1. The highest BCUT2D eigenvalue weighted by Crippen LogP contribution is 2.19. The van der Waals surface area contributed by atoms with Gasteiger partial charge in [-0.25, -0.2) is 0 Å². The zero-order valence-electron chi connectivity index (χ0n) is 12.1. The zero-order chi connectivity index (χ0) is 13.9. The molecule has 0 atom stereocenters. The van der Waals surface area contributed by atoms with Crippen molar-refractivity contribution in [3.63, 3.8) is 0 Å². The van der Waals surface area contributed by atoms with Crippen LogP contribution in [0.1, 0.15) is 18.4 Å². The lowest BCUT2D eigenvalue weighted by Crippen LogP contribution is -2.51. The van der Waals surface area contributed by atoms with Crippen molar-refractivity contribution in [2.45, 2.75) is 25.8 Å². The van der Waals surface area contributed by atoms with Gasteiger partial charge in [0.05, 0.1) is 6.54 Å². The molecule has 0 unspecified atom stereocenters. The van der Waals surface area contributed by atoms with Crippen molar-refractivity contribution in [1.29, 1.82) is 0 Å². The smallest absolute Gasteiger partial charge is 0.236 e. The SMILES string of the molecule is Cc1cccc(N2CCN(C(=O)CNC3CC3)CC2)c1. The minimum atomic E-state index is 0.251. The lowest BCUT2D eigenvalue weighted by Gasteiger charge is -2.36. The fraction of sp³-hybridized carbons (Fsp3) is 0.562. The van der Waals surface area contributed by atoms with Crippen LogP contribution in [0, 0.1) is 6.92 Å². The first-order valence-electron chi connectivity index (χ1n) is 7.55. The molecule has 1 aromatic carbocycles. The molecule has 1 heterocycles. The first-order valence-corrected chi connectivity index (χ1v) is 7.55. The maximum Gasteiger partial charge on any atom is 0.236 e. The van der Waals surface area contributed by atoms with Gasteiger partial charge in [0.1, 0.15) is 0 Å². The van der Waals surface area contributed by atoms with Crippen LogP contribution in [-0.2, 0) is 4.79 Å². The molecule has 1 aliphatic heterocycles. The summed E-state index contributed by atoms with van der Waals surface area (Å²) in [6.45, 7) is 6.15. The number of amides is 1. The third-order valence-corrected chi connectivity index (χ3v) is 4.12. The quantitative estimate of drug-likeness (QED) is 0.900. The molecule has 0 spiro atoms. The lowest BCUT2D eigenvalue weighted by molar-refractivity contribution is -0.130. The number of aryl methyl sites for hydroxylation is 1. The van der Waals surface area contributed by atoms with Gasteiger partial charge in [0.15, 0.2) is 0 Å². The summed E-state index contributed by atoms with van der Waals surface area (Å²) < 4.78 is 0. The van der Waals surface area contributed by atoms with Crippen molar-refractivity contribution in [2.24, 2.45) is 0 Å². The zero-order valence-corrected chi connectivity index (χ0v) is 12.1. The minimum absolute atomic E-state index is 0.251. The van der Waals surface area contributed by atoms with E-state index in [9.17, 15) is 4.79 Å². The minimum Gasteiger partial charge on any atom is -0.368 e. The predicted molar refractivity (Wildman–Crippen MR) is 81.0 cm³/mol. The van der Waals surface area contributed by atoms with E-state index in [4.69, 9.17) is 0 Å². The van der Waals surface area contributed by atoms with E-state index >= 15 is 0 Å². The second-order valence-electron chi connectivity index (χ2n) is 5.86. The highest BCUT2D eigenvalue weighted by Gasteiger charge is 2.24. The number of hydrogen-bond acceptors (Lipinski definition) is 3. The van der Waals surface area contributed by atoms with Crippen molar-refractivity contribution in [1.82, 2.24) is 10.2 Å². The summed E-state index contributed by atoms with van der Waals surface area (Å²) in [7, 11) is 0. The number of carbonyl (C=O) groups excluding carboxylic acids is 1. The molecular weight excluding hydrogens is 250 g/mol. The Morgan fingerprint density at radius 2 is 2.00 bits per heavy atom. The Morgan fingerprint density at radius 1 is 1.25 bits per heavy atom. The second-order valence-corrected chi connectivity index (χ2v) is 5.86. The molecule has 108 valence electrons. The Bertz CT molecular complexity index is 476. The molecule has 0 aromatic heterocycles. The van der Waals surface area contributed by atoms with E-state index in [0.29, 0.717) is 12.6 Å². The van der Waals surface area contributed by atoms with Crippen molar-refractivity contribution >= 4 is 11.6 Å². The molecule has 3 rings (SSSR count). The van der Waals surface area contributed by atoms with Crippen molar-refractivity contribution in [2.75, 3.05) is 37.6 Å². The Hall–Kier alpha value is -1.55. The highest BCUT2D eigenvalue weighted by molar-refractivity contribution is 5.78. The highest BCUT2D eigenvalue weighted by atomic mass is 16.2. The molecule has 0 bridgehead atoms. The molecule has 1 aliphatic carbocycles. The predicted octanol–water partition coefficient (Wildman–Crippen LogP) is 1.40. The van der Waals surface area contributed by atoms with Crippen LogP contribution in [0.2, 0.25) is 0 Å². The molecule has 1 saturated heterocycles. The van der Waals surface area contributed by atoms with Gasteiger partial charge in [-0.1, -0.05) is 12.1 Å². The third kappa shape index (κ3) is 3.31. The van der Waals surface area contributed by atoms with Gasteiger partial charge in [-0.3, -0.25) is 4.79 Å². The second kappa shape index (κ2) is 5.83. The van der Waals surface area contributed by atoms with Gasteiger partial charge in [-0.2, -0.15) is 0 Å². The van der Waals surface area contributed by atoms with Crippen LogP contribution < -0.4 is 10.2 Å². The number of anilines is 1.